The number of furan rings is 1. The van der Waals surface area contributed by atoms with E-state index in [2.05, 4.69) is 15.3 Å². The van der Waals surface area contributed by atoms with E-state index < -0.39 is 0 Å². The Labute approximate surface area is 162 Å². The van der Waals surface area contributed by atoms with E-state index in [1.807, 2.05) is 42.5 Å². The van der Waals surface area contributed by atoms with Gasteiger partial charge in [0, 0.05) is 11.9 Å². The van der Waals surface area contributed by atoms with Gasteiger partial charge in [-0.1, -0.05) is 18.2 Å². The molecule has 0 atom stereocenters. The van der Waals surface area contributed by atoms with E-state index in [0.717, 1.165) is 40.0 Å². The van der Waals surface area contributed by atoms with E-state index in [1.54, 1.807) is 20.5 Å². The number of fused-ring (bicyclic) bond motifs is 3. The van der Waals surface area contributed by atoms with E-state index in [-0.39, 0.29) is 12.4 Å². The Morgan fingerprint density at radius 1 is 1.00 bits per heavy atom. The summed E-state index contributed by atoms with van der Waals surface area (Å²) in [6, 6.07) is 13.8. The number of nitrogens with one attached hydrogen (secondary N) is 1. The number of para-hydroxylation sites is 1. The fraction of sp³-hybridized carbons (Fsp3) is 0.200. The van der Waals surface area contributed by atoms with E-state index >= 15 is 0 Å². The highest BCUT2D eigenvalue weighted by atomic mass is 35.5. The normalized spacial score (nSPS) is 10.6. The molecule has 0 saturated carbocycles. The number of hydrogen-bond acceptors (Lipinski definition) is 6. The summed E-state index contributed by atoms with van der Waals surface area (Å²) >= 11 is 0. The van der Waals surface area contributed by atoms with Crippen molar-refractivity contribution in [1.82, 2.24) is 9.97 Å². The second-order valence-electron chi connectivity index (χ2n) is 5.86. The first-order chi connectivity index (χ1) is 12.8. The highest BCUT2D eigenvalue weighted by molar-refractivity contribution is 6.05. The van der Waals surface area contributed by atoms with E-state index in [9.17, 15) is 0 Å². The quantitative estimate of drug-likeness (QED) is 0.536. The smallest absolute Gasteiger partial charge is 0.196 e. The van der Waals surface area contributed by atoms with Crippen molar-refractivity contribution in [3.8, 4) is 11.5 Å². The molecule has 2 heterocycles. The third-order valence-electron chi connectivity index (χ3n) is 4.31. The molecule has 0 spiro atoms. The monoisotopic (exact) mass is 384 g/mol. The highest BCUT2D eigenvalue weighted by Crippen LogP contribution is 2.30. The largest absolute Gasteiger partial charge is 1.00 e. The van der Waals surface area contributed by atoms with Crippen LogP contribution in [0.2, 0.25) is 0 Å². The molecule has 2 aromatic heterocycles. The van der Waals surface area contributed by atoms with Crippen molar-refractivity contribution in [2.45, 2.75) is 6.42 Å². The summed E-state index contributed by atoms with van der Waals surface area (Å²) in [4.78, 5) is 8.70. The predicted octanol–water partition coefficient (Wildman–Crippen LogP) is 1.05. The number of halogens is 1. The molecule has 140 valence electrons. The molecule has 0 bridgehead atoms. The van der Waals surface area contributed by atoms with Crippen LogP contribution in [-0.2, 0) is 6.42 Å². The van der Waals surface area contributed by atoms with E-state index in [1.165, 1.54) is 0 Å². The second-order valence-corrected chi connectivity index (χ2v) is 5.86. The SMILES string of the molecule is COc1ccc(CCNc2ncnc3c2oc2ccccc23)cc1OC.[Cl-]. The Morgan fingerprint density at radius 3 is 2.63 bits per heavy atom. The third-order valence-corrected chi connectivity index (χ3v) is 4.31. The summed E-state index contributed by atoms with van der Waals surface area (Å²) in [5, 5.41) is 4.34. The molecule has 2 aromatic carbocycles. The summed E-state index contributed by atoms with van der Waals surface area (Å²) in [6.07, 6.45) is 2.37. The number of nitrogens with zero attached hydrogens (tertiary/aromatic N) is 2. The molecule has 7 heteroatoms. The van der Waals surface area contributed by atoms with Crippen LogP contribution in [0.25, 0.3) is 22.1 Å². The molecular formula is C20H19ClN3O3-. The predicted molar refractivity (Wildman–Crippen MR) is 101 cm³/mol. The number of anilines is 1. The molecule has 0 aliphatic rings. The molecule has 0 saturated heterocycles. The van der Waals surface area contributed by atoms with Crippen molar-refractivity contribution in [3.05, 3.63) is 54.4 Å². The average Bonchev–Trinajstić information content (AvgIpc) is 3.07. The fourth-order valence-electron chi connectivity index (χ4n) is 3.01. The summed E-state index contributed by atoms with van der Waals surface area (Å²) in [6.45, 7) is 0.707. The minimum absolute atomic E-state index is 0. The number of hydrogen-bond donors (Lipinski definition) is 1. The molecule has 1 N–H and O–H groups in total. The van der Waals surface area contributed by atoms with Gasteiger partial charge in [0.15, 0.2) is 22.9 Å². The molecule has 27 heavy (non-hydrogen) atoms. The third kappa shape index (κ3) is 3.61. The van der Waals surface area contributed by atoms with Crippen LogP contribution in [0.5, 0.6) is 11.5 Å². The molecule has 4 aromatic rings. The van der Waals surface area contributed by atoms with Gasteiger partial charge in [-0.2, -0.15) is 0 Å². The topological polar surface area (TPSA) is 69.4 Å². The van der Waals surface area contributed by atoms with Gasteiger partial charge < -0.3 is 31.6 Å². The Kier molecular flexibility index (Phi) is 5.66. The van der Waals surface area contributed by atoms with Crippen molar-refractivity contribution in [1.29, 1.82) is 0 Å². The lowest BCUT2D eigenvalue weighted by atomic mass is 10.1. The number of benzene rings is 2. The Morgan fingerprint density at radius 2 is 1.81 bits per heavy atom. The first-order valence-corrected chi connectivity index (χ1v) is 8.37. The van der Waals surface area contributed by atoms with Gasteiger partial charge in [0.05, 0.1) is 14.2 Å². The lowest BCUT2D eigenvalue weighted by Crippen LogP contribution is -3.00. The second kappa shape index (κ2) is 8.14. The molecule has 0 fully saturated rings. The zero-order valence-corrected chi connectivity index (χ0v) is 15.8. The summed E-state index contributed by atoms with van der Waals surface area (Å²) in [5.41, 5.74) is 3.46. The fourth-order valence-corrected chi connectivity index (χ4v) is 3.01. The van der Waals surface area contributed by atoms with Crippen LogP contribution >= 0.6 is 0 Å². The zero-order chi connectivity index (χ0) is 17.9. The van der Waals surface area contributed by atoms with Crippen molar-refractivity contribution < 1.29 is 26.3 Å². The van der Waals surface area contributed by atoms with Gasteiger partial charge >= 0.3 is 0 Å². The minimum Gasteiger partial charge on any atom is -1.00 e. The molecule has 0 unspecified atom stereocenters. The van der Waals surface area contributed by atoms with Crippen LogP contribution in [0.4, 0.5) is 5.82 Å². The Balaban J connectivity index is 0.00000210. The average molecular weight is 385 g/mol. The van der Waals surface area contributed by atoms with E-state index in [4.69, 9.17) is 13.9 Å². The van der Waals surface area contributed by atoms with Crippen molar-refractivity contribution in [3.63, 3.8) is 0 Å². The number of ether oxygens (including phenoxy) is 2. The van der Waals surface area contributed by atoms with Crippen molar-refractivity contribution in [2.24, 2.45) is 0 Å². The maximum Gasteiger partial charge on any atom is 0.196 e. The molecule has 0 amide bonds. The van der Waals surface area contributed by atoms with Gasteiger partial charge in [-0.25, -0.2) is 9.97 Å². The van der Waals surface area contributed by atoms with Crippen molar-refractivity contribution in [2.75, 3.05) is 26.1 Å². The molecule has 4 rings (SSSR count). The maximum absolute atomic E-state index is 5.93. The number of aromatic nitrogens is 2. The minimum atomic E-state index is 0. The molecule has 0 radical (unpaired) electrons. The Hall–Kier alpha value is -2.99. The van der Waals surface area contributed by atoms with Gasteiger partial charge in [0.1, 0.15) is 17.4 Å². The lowest BCUT2D eigenvalue weighted by Gasteiger charge is -2.10. The molecule has 0 aliphatic carbocycles. The number of methoxy groups -OCH3 is 2. The molecule has 6 nitrogen and oxygen atoms in total. The maximum atomic E-state index is 5.93. The molecular weight excluding hydrogens is 366 g/mol. The highest BCUT2D eigenvalue weighted by Gasteiger charge is 2.12. The van der Waals surface area contributed by atoms with Crippen LogP contribution in [0.15, 0.2) is 53.2 Å². The van der Waals surface area contributed by atoms with Crippen molar-refractivity contribution >= 4 is 27.9 Å². The van der Waals surface area contributed by atoms with Crippen LogP contribution < -0.4 is 27.2 Å². The van der Waals surface area contributed by atoms with E-state index in [0.29, 0.717) is 17.9 Å². The van der Waals surface area contributed by atoms with Crippen LogP contribution in [0.1, 0.15) is 5.56 Å². The van der Waals surface area contributed by atoms with Gasteiger partial charge in [-0.05, 0) is 36.2 Å². The van der Waals surface area contributed by atoms with Gasteiger partial charge in [-0.3, -0.25) is 0 Å². The Bertz CT molecular complexity index is 1060. The first kappa shape index (κ1) is 18.8. The zero-order valence-electron chi connectivity index (χ0n) is 15.0. The summed E-state index contributed by atoms with van der Waals surface area (Å²) < 4.78 is 16.6. The number of rotatable bonds is 6. The van der Waals surface area contributed by atoms with Crippen LogP contribution in [0.3, 0.4) is 0 Å². The molecule has 0 aliphatic heterocycles. The van der Waals surface area contributed by atoms with Crippen LogP contribution in [-0.4, -0.2) is 30.7 Å². The first-order valence-electron chi connectivity index (χ1n) is 8.37. The van der Waals surface area contributed by atoms with Crippen LogP contribution in [0, 0.1) is 0 Å². The lowest BCUT2D eigenvalue weighted by molar-refractivity contribution is -0.00000626. The standard InChI is InChI=1S/C20H19N3O3.ClH/c1-24-16-8-7-13(11-17(16)25-2)9-10-21-20-19-18(22-12-23-20)14-5-3-4-6-15(14)26-19;/h3-8,11-12H,9-10H2,1-2H3,(H,21,22,23);1H/p-1. The summed E-state index contributed by atoms with van der Waals surface area (Å²) in [5.74, 6) is 2.15. The van der Waals surface area contributed by atoms with Gasteiger partial charge in [-0.15, -0.1) is 0 Å². The van der Waals surface area contributed by atoms with Gasteiger partial charge in [0.2, 0.25) is 0 Å². The van der Waals surface area contributed by atoms with Gasteiger partial charge in [0.25, 0.3) is 0 Å². The summed E-state index contributed by atoms with van der Waals surface area (Å²) in [7, 11) is 3.27.